The highest BCUT2D eigenvalue weighted by Crippen LogP contribution is 2.34. The van der Waals surface area contributed by atoms with Gasteiger partial charge in [-0.05, 0) is 46.7 Å². The van der Waals surface area contributed by atoms with Crippen molar-refractivity contribution in [1.29, 1.82) is 0 Å². The summed E-state index contributed by atoms with van der Waals surface area (Å²) in [6.07, 6.45) is 2.10. The summed E-state index contributed by atoms with van der Waals surface area (Å²) in [4.78, 5) is 1.25. The Bertz CT molecular complexity index is 779. The third-order valence-corrected chi connectivity index (χ3v) is 4.79. The average molecular weight is 293 g/mol. The lowest BCUT2D eigenvalue weighted by atomic mass is 9.91. The van der Waals surface area contributed by atoms with Crippen LogP contribution in [0.1, 0.15) is 22.7 Å². The first kappa shape index (κ1) is 14.2. The molecule has 2 heteroatoms. The molecule has 0 amide bonds. The van der Waals surface area contributed by atoms with Gasteiger partial charge >= 0.3 is 0 Å². The van der Waals surface area contributed by atoms with E-state index in [2.05, 4.69) is 73.8 Å². The van der Waals surface area contributed by atoms with E-state index in [-0.39, 0.29) is 6.04 Å². The molecule has 0 aliphatic heterocycles. The van der Waals surface area contributed by atoms with Crippen LogP contribution in [0, 0.1) is 6.92 Å². The molecular formula is C19H19NS. The number of fused-ring (bicyclic) bond motifs is 1. The van der Waals surface area contributed by atoms with E-state index in [1.54, 1.807) is 11.8 Å². The molecule has 0 aromatic heterocycles. The van der Waals surface area contributed by atoms with Crippen LogP contribution in [0.25, 0.3) is 10.8 Å². The van der Waals surface area contributed by atoms with E-state index in [9.17, 15) is 0 Å². The second-order valence-corrected chi connectivity index (χ2v) is 6.08. The van der Waals surface area contributed by atoms with Gasteiger partial charge in [0.2, 0.25) is 0 Å². The largest absolute Gasteiger partial charge is 0.320 e. The number of benzene rings is 3. The van der Waals surface area contributed by atoms with Crippen LogP contribution in [0.4, 0.5) is 0 Å². The Morgan fingerprint density at radius 2 is 1.62 bits per heavy atom. The zero-order chi connectivity index (χ0) is 14.8. The molecular weight excluding hydrogens is 274 g/mol. The smallest absolute Gasteiger partial charge is 0.0571 e. The second-order valence-electron chi connectivity index (χ2n) is 5.24. The fraction of sp³-hybridized carbons (Fsp3) is 0.158. The van der Waals surface area contributed by atoms with Crippen LogP contribution in [0.3, 0.4) is 0 Å². The monoisotopic (exact) mass is 293 g/mol. The van der Waals surface area contributed by atoms with Crippen molar-refractivity contribution in [1.82, 2.24) is 0 Å². The van der Waals surface area contributed by atoms with Crippen molar-refractivity contribution in [3.63, 3.8) is 0 Å². The minimum atomic E-state index is -0.0975. The Morgan fingerprint density at radius 1 is 0.905 bits per heavy atom. The van der Waals surface area contributed by atoms with E-state index in [0.29, 0.717) is 0 Å². The van der Waals surface area contributed by atoms with Crippen LogP contribution in [-0.4, -0.2) is 6.26 Å². The van der Waals surface area contributed by atoms with Gasteiger partial charge in [0, 0.05) is 4.90 Å². The molecule has 0 bridgehead atoms. The number of aryl methyl sites for hydroxylation is 1. The molecule has 0 heterocycles. The van der Waals surface area contributed by atoms with Crippen molar-refractivity contribution >= 4 is 22.5 Å². The minimum absolute atomic E-state index is 0.0975. The summed E-state index contributed by atoms with van der Waals surface area (Å²) in [6.45, 7) is 2.14. The van der Waals surface area contributed by atoms with E-state index < -0.39 is 0 Å². The van der Waals surface area contributed by atoms with E-state index in [4.69, 9.17) is 5.73 Å². The topological polar surface area (TPSA) is 26.0 Å². The molecule has 0 saturated carbocycles. The Labute approximate surface area is 130 Å². The number of hydrogen-bond donors (Lipinski definition) is 1. The van der Waals surface area contributed by atoms with Gasteiger partial charge in [-0.25, -0.2) is 0 Å². The van der Waals surface area contributed by atoms with Gasteiger partial charge in [-0.15, -0.1) is 11.8 Å². The average Bonchev–Trinajstić information content (AvgIpc) is 2.54. The molecule has 3 rings (SSSR count). The van der Waals surface area contributed by atoms with E-state index in [1.165, 1.54) is 32.4 Å². The quantitative estimate of drug-likeness (QED) is 0.694. The highest BCUT2D eigenvalue weighted by Gasteiger charge is 2.17. The van der Waals surface area contributed by atoms with Crippen LogP contribution in [-0.2, 0) is 0 Å². The number of rotatable bonds is 3. The van der Waals surface area contributed by atoms with Gasteiger partial charge in [-0.3, -0.25) is 0 Å². The second kappa shape index (κ2) is 5.92. The highest BCUT2D eigenvalue weighted by molar-refractivity contribution is 7.98. The summed E-state index contributed by atoms with van der Waals surface area (Å²) >= 11 is 1.75. The van der Waals surface area contributed by atoms with Gasteiger partial charge in [0.25, 0.3) is 0 Å². The Hall–Kier alpha value is -1.77. The van der Waals surface area contributed by atoms with Gasteiger partial charge < -0.3 is 5.73 Å². The van der Waals surface area contributed by atoms with Crippen LogP contribution in [0.2, 0.25) is 0 Å². The summed E-state index contributed by atoms with van der Waals surface area (Å²) in [5, 5.41) is 2.50. The predicted molar refractivity (Wildman–Crippen MR) is 92.9 cm³/mol. The van der Waals surface area contributed by atoms with Crippen molar-refractivity contribution in [2.75, 3.05) is 6.26 Å². The zero-order valence-electron chi connectivity index (χ0n) is 12.3. The molecule has 0 radical (unpaired) electrons. The SMILES string of the molecule is CSc1ccccc1C(N)c1c(C)ccc2ccccc12. The predicted octanol–water partition coefficient (Wildman–Crippen LogP) is 4.92. The van der Waals surface area contributed by atoms with Crippen molar-refractivity contribution in [2.24, 2.45) is 5.73 Å². The van der Waals surface area contributed by atoms with E-state index in [1.807, 2.05) is 0 Å². The van der Waals surface area contributed by atoms with Crippen molar-refractivity contribution < 1.29 is 0 Å². The molecule has 0 aliphatic carbocycles. The molecule has 21 heavy (non-hydrogen) atoms. The standard InChI is InChI=1S/C19H19NS/c1-13-11-12-14-7-3-4-8-15(14)18(13)19(20)16-9-5-6-10-17(16)21-2/h3-12,19H,20H2,1-2H3. The highest BCUT2D eigenvalue weighted by atomic mass is 32.2. The Balaban J connectivity index is 2.22. The number of nitrogens with two attached hydrogens (primary N) is 1. The molecule has 106 valence electrons. The van der Waals surface area contributed by atoms with Gasteiger partial charge in [0.1, 0.15) is 0 Å². The fourth-order valence-corrected chi connectivity index (χ4v) is 3.54. The van der Waals surface area contributed by atoms with Crippen molar-refractivity contribution in [3.8, 4) is 0 Å². The molecule has 0 fully saturated rings. The molecule has 1 unspecified atom stereocenters. The molecule has 1 atom stereocenters. The third kappa shape index (κ3) is 2.57. The molecule has 0 aliphatic rings. The Morgan fingerprint density at radius 3 is 2.43 bits per heavy atom. The summed E-state index contributed by atoms with van der Waals surface area (Å²) in [5.74, 6) is 0. The van der Waals surface area contributed by atoms with Gasteiger partial charge in [-0.1, -0.05) is 54.6 Å². The molecule has 0 saturated heterocycles. The van der Waals surface area contributed by atoms with Crippen molar-refractivity contribution in [3.05, 3.63) is 77.4 Å². The van der Waals surface area contributed by atoms with Gasteiger partial charge in [0.05, 0.1) is 6.04 Å². The maximum Gasteiger partial charge on any atom is 0.0571 e. The van der Waals surface area contributed by atoms with Crippen LogP contribution in [0.5, 0.6) is 0 Å². The van der Waals surface area contributed by atoms with E-state index in [0.717, 1.165) is 0 Å². The first-order chi connectivity index (χ1) is 10.2. The van der Waals surface area contributed by atoms with Gasteiger partial charge in [-0.2, -0.15) is 0 Å². The molecule has 2 N–H and O–H groups in total. The van der Waals surface area contributed by atoms with Crippen molar-refractivity contribution in [2.45, 2.75) is 17.9 Å². The van der Waals surface area contributed by atoms with Crippen LogP contribution < -0.4 is 5.73 Å². The maximum atomic E-state index is 6.65. The third-order valence-electron chi connectivity index (χ3n) is 3.97. The molecule has 3 aromatic carbocycles. The Kier molecular flexibility index (Phi) is 4.00. The molecule has 0 spiro atoms. The first-order valence-corrected chi connectivity index (χ1v) is 8.31. The fourth-order valence-electron chi connectivity index (χ4n) is 2.90. The summed E-state index contributed by atoms with van der Waals surface area (Å²) < 4.78 is 0. The zero-order valence-corrected chi connectivity index (χ0v) is 13.2. The molecule has 3 aromatic rings. The van der Waals surface area contributed by atoms with Crippen LogP contribution in [0.15, 0.2) is 65.6 Å². The molecule has 1 nitrogen and oxygen atoms in total. The van der Waals surface area contributed by atoms with Gasteiger partial charge in [0.15, 0.2) is 0 Å². The lowest BCUT2D eigenvalue weighted by molar-refractivity contribution is 0.848. The minimum Gasteiger partial charge on any atom is -0.320 e. The maximum absolute atomic E-state index is 6.65. The summed E-state index contributed by atoms with van der Waals surface area (Å²) in [6, 6.07) is 21.1. The summed E-state index contributed by atoms with van der Waals surface area (Å²) in [5.41, 5.74) is 10.3. The normalized spacial score (nSPS) is 12.5. The number of thioether (sulfide) groups is 1. The van der Waals surface area contributed by atoms with Crippen LogP contribution >= 0.6 is 11.8 Å². The number of hydrogen-bond acceptors (Lipinski definition) is 2. The van der Waals surface area contributed by atoms with E-state index >= 15 is 0 Å². The lowest BCUT2D eigenvalue weighted by Gasteiger charge is -2.20. The first-order valence-electron chi connectivity index (χ1n) is 7.09. The summed E-state index contributed by atoms with van der Waals surface area (Å²) in [7, 11) is 0. The lowest BCUT2D eigenvalue weighted by Crippen LogP contribution is -2.14.